The summed E-state index contributed by atoms with van der Waals surface area (Å²) in [5.74, 6) is -0.294. The molecule has 0 spiro atoms. The zero-order valence-electron chi connectivity index (χ0n) is 14.4. The molecule has 1 amide bonds. The van der Waals surface area contributed by atoms with Gasteiger partial charge < -0.3 is 9.42 Å². The Morgan fingerprint density at radius 3 is 2.85 bits per heavy atom. The van der Waals surface area contributed by atoms with Crippen molar-refractivity contribution < 1.29 is 22.5 Å². The molecule has 2 aromatic heterocycles. The summed E-state index contributed by atoms with van der Waals surface area (Å²) in [4.78, 5) is 17.3. The van der Waals surface area contributed by atoms with Gasteiger partial charge in [-0.2, -0.15) is 18.2 Å². The SMILES string of the molecule is CC(CN(C)C(=O)CCC(F)(F)F)c1noc(-c2cn(C3CC3)nn2)n1. The molecule has 0 N–H and O–H groups in total. The van der Waals surface area contributed by atoms with Crippen LogP contribution in [0.1, 0.15) is 50.4 Å². The van der Waals surface area contributed by atoms with Gasteiger partial charge in [0.05, 0.1) is 18.7 Å². The molecule has 2 aromatic rings. The zero-order chi connectivity index (χ0) is 18.9. The highest BCUT2D eigenvalue weighted by Crippen LogP contribution is 2.34. The van der Waals surface area contributed by atoms with Crippen LogP contribution in [0, 0.1) is 0 Å². The van der Waals surface area contributed by atoms with Crippen molar-refractivity contribution >= 4 is 5.91 Å². The molecular weight excluding hydrogens is 353 g/mol. The molecule has 1 saturated carbocycles. The molecule has 1 atom stereocenters. The molecule has 3 rings (SSSR count). The van der Waals surface area contributed by atoms with E-state index in [0.717, 1.165) is 12.8 Å². The fourth-order valence-electron chi connectivity index (χ4n) is 2.47. The van der Waals surface area contributed by atoms with Crippen LogP contribution in [-0.2, 0) is 4.79 Å². The summed E-state index contributed by atoms with van der Waals surface area (Å²) in [6, 6.07) is 0.383. The number of nitrogens with zero attached hydrogens (tertiary/aromatic N) is 6. The molecule has 1 aliphatic rings. The third kappa shape index (κ3) is 4.58. The van der Waals surface area contributed by atoms with Crippen molar-refractivity contribution in [3.8, 4) is 11.6 Å². The van der Waals surface area contributed by atoms with Crippen LogP contribution in [0.4, 0.5) is 13.2 Å². The first-order chi connectivity index (χ1) is 12.2. The number of aromatic nitrogens is 5. The normalized spacial score (nSPS) is 15.9. The number of alkyl halides is 3. The molecular formula is C15H19F3N6O2. The predicted octanol–water partition coefficient (Wildman–Crippen LogP) is 2.57. The van der Waals surface area contributed by atoms with E-state index in [2.05, 4.69) is 20.5 Å². The Bertz CT molecular complexity index is 768. The van der Waals surface area contributed by atoms with Gasteiger partial charge in [0.25, 0.3) is 5.89 Å². The van der Waals surface area contributed by atoms with Gasteiger partial charge in [0.2, 0.25) is 5.91 Å². The Kier molecular flexibility index (Phi) is 4.97. The van der Waals surface area contributed by atoms with Crippen LogP contribution in [0.25, 0.3) is 11.6 Å². The number of likely N-dealkylation sites (N-methyl/N-ethyl adjacent to an activating group) is 1. The van der Waals surface area contributed by atoms with E-state index < -0.39 is 24.9 Å². The van der Waals surface area contributed by atoms with Crippen molar-refractivity contribution in [2.24, 2.45) is 0 Å². The van der Waals surface area contributed by atoms with Crippen LogP contribution >= 0.6 is 0 Å². The van der Waals surface area contributed by atoms with Crippen molar-refractivity contribution in [3.05, 3.63) is 12.0 Å². The lowest BCUT2D eigenvalue weighted by Crippen LogP contribution is -2.31. The lowest BCUT2D eigenvalue weighted by molar-refractivity contribution is -0.148. The summed E-state index contributed by atoms with van der Waals surface area (Å²) in [7, 11) is 1.46. The van der Waals surface area contributed by atoms with Gasteiger partial charge in [0.15, 0.2) is 11.5 Å². The predicted molar refractivity (Wildman–Crippen MR) is 82.9 cm³/mol. The number of amides is 1. The maximum atomic E-state index is 12.2. The Morgan fingerprint density at radius 2 is 2.19 bits per heavy atom. The van der Waals surface area contributed by atoms with Gasteiger partial charge in [-0.25, -0.2) is 4.68 Å². The van der Waals surface area contributed by atoms with E-state index in [0.29, 0.717) is 17.6 Å². The highest BCUT2D eigenvalue weighted by atomic mass is 19.4. The van der Waals surface area contributed by atoms with Gasteiger partial charge in [-0.15, -0.1) is 5.10 Å². The van der Waals surface area contributed by atoms with E-state index in [-0.39, 0.29) is 18.4 Å². The van der Waals surface area contributed by atoms with Gasteiger partial charge >= 0.3 is 6.18 Å². The molecule has 11 heteroatoms. The van der Waals surface area contributed by atoms with E-state index in [9.17, 15) is 18.0 Å². The lowest BCUT2D eigenvalue weighted by Gasteiger charge is -2.20. The second kappa shape index (κ2) is 7.04. The van der Waals surface area contributed by atoms with Gasteiger partial charge in [-0.05, 0) is 12.8 Å². The van der Waals surface area contributed by atoms with Gasteiger partial charge in [-0.3, -0.25) is 4.79 Å². The van der Waals surface area contributed by atoms with E-state index in [1.54, 1.807) is 17.8 Å². The molecule has 0 radical (unpaired) electrons. The van der Waals surface area contributed by atoms with Crippen LogP contribution in [0.3, 0.4) is 0 Å². The maximum absolute atomic E-state index is 12.2. The minimum atomic E-state index is -4.34. The lowest BCUT2D eigenvalue weighted by atomic mass is 10.1. The van der Waals surface area contributed by atoms with E-state index in [4.69, 9.17) is 4.52 Å². The Balaban J connectivity index is 1.56. The molecule has 1 fully saturated rings. The molecule has 0 aliphatic heterocycles. The summed E-state index contributed by atoms with van der Waals surface area (Å²) >= 11 is 0. The van der Waals surface area contributed by atoms with Crippen LogP contribution in [0.2, 0.25) is 0 Å². The molecule has 1 aliphatic carbocycles. The highest BCUT2D eigenvalue weighted by molar-refractivity contribution is 5.75. The first-order valence-electron chi connectivity index (χ1n) is 8.29. The molecule has 2 heterocycles. The smallest absolute Gasteiger partial charge is 0.345 e. The minimum absolute atomic E-state index is 0.185. The monoisotopic (exact) mass is 372 g/mol. The quantitative estimate of drug-likeness (QED) is 0.742. The molecule has 1 unspecified atom stereocenters. The number of carbonyl (C=O) groups excluding carboxylic acids is 1. The number of hydrogen-bond donors (Lipinski definition) is 0. The van der Waals surface area contributed by atoms with Crippen molar-refractivity contribution in [2.45, 2.75) is 50.7 Å². The molecule has 0 bridgehead atoms. The largest absolute Gasteiger partial charge is 0.389 e. The summed E-state index contributed by atoms with van der Waals surface area (Å²) < 4.78 is 43.6. The van der Waals surface area contributed by atoms with Crippen molar-refractivity contribution in [3.63, 3.8) is 0 Å². The van der Waals surface area contributed by atoms with Crippen molar-refractivity contribution in [1.29, 1.82) is 0 Å². The van der Waals surface area contributed by atoms with Crippen molar-refractivity contribution in [2.75, 3.05) is 13.6 Å². The first kappa shape index (κ1) is 18.3. The summed E-state index contributed by atoms with van der Waals surface area (Å²) in [6.45, 7) is 1.95. The molecule has 0 saturated heterocycles. The molecule has 142 valence electrons. The summed E-state index contributed by atoms with van der Waals surface area (Å²) in [6.07, 6.45) is -2.16. The number of hydrogen-bond acceptors (Lipinski definition) is 6. The second-order valence-corrected chi connectivity index (χ2v) is 6.56. The van der Waals surface area contributed by atoms with Crippen LogP contribution in [-0.4, -0.2) is 55.7 Å². The van der Waals surface area contributed by atoms with Crippen LogP contribution in [0.15, 0.2) is 10.7 Å². The van der Waals surface area contributed by atoms with Gasteiger partial charge in [-0.1, -0.05) is 17.3 Å². The average Bonchev–Trinajstić information content (AvgIpc) is 3.10. The third-order valence-electron chi connectivity index (χ3n) is 4.13. The Labute approximate surface area is 147 Å². The summed E-state index contributed by atoms with van der Waals surface area (Å²) in [5.41, 5.74) is 0.470. The standard InChI is InChI=1S/C15H19F3N6O2/c1-9(7-23(2)12(25)5-6-15(16,17)18)13-19-14(26-21-13)11-8-24(22-20-11)10-3-4-10/h8-10H,3-7H2,1-2H3. The summed E-state index contributed by atoms with van der Waals surface area (Å²) in [5, 5.41) is 11.9. The van der Waals surface area contributed by atoms with E-state index in [1.807, 2.05) is 0 Å². The average molecular weight is 372 g/mol. The number of rotatable bonds is 7. The van der Waals surface area contributed by atoms with E-state index in [1.165, 1.54) is 11.9 Å². The number of halogens is 3. The minimum Gasteiger partial charge on any atom is -0.345 e. The first-order valence-corrected chi connectivity index (χ1v) is 8.29. The van der Waals surface area contributed by atoms with Gasteiger partial charge in [0.1, 0.15) is 0 Å². The fourth-order valence-corrected chi connectivity index (χ4v) is 2.47. The van der Waals surface area contributed by atoms with E-state index >= 15 is 0 Å². The van der Waals surface area contributed by atoms with Gasteiger partial charge in [0, 0.05) is 25.9 Å². The third-order valence-corrected chi connectivity index (χ3v) is 4.13. The maximum Gasteiger partial charge on any atom is 0.389 e. The molecule has 26 heavy (non-hydrogen) atoms. The zero-order valence-corrected chi connectivity index (χ0v) is 14.4. The van der Waals surface area contributed by atoms with Crippen molar-refractivity contribution in [1.82, 2.24) is 30.0 Å². The Hall–Kier alpha value is -2.46. The topological polar surface area (TPSA) is 89.9 Å². The fraction of sp³-hybridized carbons (Fsp3) is 0.667. The second-order valence-electron chi connectivity index (χ2n) is 6.56. The van der Waals surface area contributed by atoms with Crippen LogP contribution < -0.4 is 0 Å². The molecule has 0 aromatic carbocycles. The van der Waals surface area contributed by atoms with Crippen LogP contribution in [0.5, 0.6) is 0 Å². The number of carbonyl (C=O) groups is 1. The highest BCUT2D eigenvalue weighted by Gasteiger charge is 2.29. The Morgan fingerprint density at radius 1 is 1.46 bits per heavy atom. The molecule has 8 nitrogen and oxygen atoms in total.